The molecule has 3 atom stereocenters. The van der Waals surface area contributed by atoms with Crippen LogP contribution in [0.1, 0.15) is 12.5 Å². The van der Waals surface area contributed by atoms with Crippen LogP contribution in [0.15, 0.2) is 18.7 Å². The molecule has 0 spiro atoms. The Bertz CT molecular complexity index is 351. The van der Waals surface area contributed by atoms with E-state index in [0.717, 1.165) is 0 Å². The monoisotopic (exact) mass is 212 g/mol. The maximum Gasteiger partial charge on any atom is 0.217 e. The van der Waals surface area contributed by atoms with Gasteiger partial charge in [-0.3, -0.25) is 0 Å². The van der Waals surface area contributed by atoms with Gasteiger partial charge in [0, 0.05) is 18.8 Å². The first-order chi connectivity index (χ1) is 7.17. The third-order valence-corrected chi connectivity index (χ3v) is 2.93. The van der Waals surface area contributed by atoms with Crippen LogP contribution in [0.2, 0.25) is 0 Å². The standard InChI is InChI=1S/C9H12N2O4/c12-9(13)3-6(11-2-1-10-5-11)7-4-14-8(9)15-7/h1-2,5-8,12-13H,3-4H2/t6-,7+,8-/m0/s1. The Morgan fingerprint density at radius 2 is 2.33 bits per heavy atom. The van der Waals surface area contributed by atoms with Gasteiger partial charge in [-0.25, -0.2) is 4.98 Å². The maximum atomic E-state index is 9.70. The van der Waals surface area contributed by atoms with Gasteiger partial charge in [-0.15, -0.1) is 0 Å². The van der Waals surface area contributed by atoms with E-state index in [9.17, 15) is 10.2 Å². The Morgan fingerprint density at radius 3 is 3.07 bits per heavy atom. The van der Waals surface area contributed by atoms with Crippen molar-refractivity contribution in [2.24, 2.45) is 0 Å². The highest BCUT2D eigenvalue weighted by Gasteiger charge is 2.52. The number of rotatable bonds is 1. The lowest BCUT2D eigenvalue weighted by atomic mass is 9.99. The number of imidazole rings is 1. The summed E-state index contributed by atoms with van der Waals surface area (Å²) >= 11 is 0. The second-order valence-electron chi connectivity index (χ2n) is 4.00. The van der Waals surface area contributed by atoms with E-state index in [1.807, 2.05) is 4.57 Å². The summed E-state index contributed by atoms with van der Waals surface area (Å²) in [5.41, 5.74) is 0. The molecule has 6 nitrogen and oxygen atoms in total. The first kappa shape index (κ1) is 9.29. The lowest BCUT2D eigenvalue weighted by molar-refractivity contribution is -0.315. The molecule has 3 heterocycles. The lowest BCUT2D eigenvalue weighted by Gasteiger charge is -2.36. The summed E-state index contributed by atoms with van der Waals surface area (Å²) in [6, 6.07) is -0.138. The molecule has 2 saturated heterocycles. The van der Waals surface area contributed by atoms with E-state index in [2.05, 4.69) is 4.98 Å². The minimum atomic E-state index is -1.91. The van der Waals surface area contributed by atoms with Gasteiger partial charge in [-0.05, 0) is 0 Å². The molecule has 1 aromatic rings. The predicted molar refractivity (Wildman–Crippen MR) is 47.7 cm³/mol. The highest BCUT2D eigenvalue weighted by molar-refractivity contribution is 4.95. The predicted octanol–water partition coefficient (Wildman–Crippen LogP) is -0.750. The average molecular weight is 212 g/mol. The van der Waals surface area contributed by atoms with Gasteiger partial charge in [-0.2, -0.15) is 0 Å². The second kappa shape index (κ2) is 3.02. The van der Waals surface area contributed by atoms with Crippen LogP contribution in [0, 0.1) is 0 Å². The van der Waals surface area contributed by atoms with Crippen LogP contribution in [0.3, 0.4) is 0 Å². The van der Waals surface area contributed by atoms with Gasteiger partial charge in [0.25, 0.3) is 0 Å². The van der Waals surface area contributed by atoms with Crippen LogP contribution in [-0.4, -0.2) is 44.6 Å². The Labute approximate surface area is 86.1 Å². The summed E-state index contributed by atoms with van der Waals surface area (Å²) in [6.45, 7) is 0.385. The summed E-state index contributed by atoms with van der Waals surface area (Å²) in [4.78, 5) is 3.93. The number of hydrogen-bond acceptors (Lipinski definition) is 5. The highest BCUT2D eigenvalue weighted by Crippen LogP contribution is 2.39. The number of hydrogen-bond donors (Lipinski definition) is 2. The van der Waals surface area contributed by atoms with Crippen molar-refractivity contribution in [3.8, 4) is 0 Å². The topological polar surface area (TPSA) is 76.7 Å². The zero-order valence-electron chi connectivity index (χ0n) is 7.98. The second-order valence-corrected chi connectivity index (χ2v) is 4.00. The average Bonchev–Trinajstić information content (AvgIpc) is 2.84. The molecule has 1 aromatic heterocycles. The molecular weight excluding hydrogens is 200 g/mol. The first-order valence-electron chi connectivity index (χ1n) is 4.86. The quantitative estimate of drug-likeness (QED) is 0.599. The summed E-state index contributed by atoms with van der Waals surface area (Å²) in [5.74, 6) is -1.91. The number of fused-ring (bicyclic) bond motifs is 2. The van der Waals surface area contributed by atoms with Crippen molar-refractivity contribution >= 4 is 0 Å². The van der Waals surface area contributed by atoms with Gasteiger partial charge in [0.2, 0.25) is 12.1 Å². The molecular formula is C9H12N2O4. The van der Waals surface area contributed by atoms with Gasteiger partial charge < -0.3 is 24.3 Å². The van der Waals surface area contributed by atoms with Crippen molar-refractivity contribution in [1.29, 1.82) is 0 Å². The Balaban J connectivity index is 1.91. The molecule has 0 unspecified atom stereocenters. The highest BCUT2D eigenvalue weighted by atomic mass is 16.8. The van der Waals surface area contributed by atoms with Crippen molar-refractivity contribution in [2.45, 2.75) is 30.6 Å². The van der Waals surface area contributed by atoms with Crippen molar-refractivity contribution < 1.29 is 19.7 Å². The van der Waals surface area contributed by atoms with Crippen LogP contribution in [-0.2, 0) is 9.47 Å². The van der Waals surface area contributed by atoms with Crippen LogP contribution in [0.5, 0.6) is 0 Å². The Hall–Kier alpha value is -0.950. The molecule has 2 aliphatic rings. The molecule has 15 heavy (non-hydrogen) atoms. The van der Waals surface area contributed by atoms with E-state index in [1.54, 1.807) is 18.7 Å². The molecule has 82 valence electrons. The van der Waals surface area contributed by atoms with Crippen LogP contribution < -0.4 is 0 Å². The molecule has 2 fully saturated rings. The number of aliphatic hydroxyl groups is 2. The molecule has 0 aliphatic carbocycles. The molecule has 2 bridgehead atoms. The fourth-order valence-electron chi connectivity index (χ4n) is 2.16. The first-order valence-corrected chi connectivity index (χ1v) is 4.86. The minimum Gasteiger partial charge on any atom is -0.362 e. The molecule has 3 rings (SSSR count). The van der Waals surface area contributed by atoms with E-state index < -0.39 is 12.1 Å². The Kier molecular flexibility index (Phi) is 1.87. The third-order valence-electron chi connectivity index (χ3n) is 2.93. The SMILES string of the molecule is OC1(O)C[C@H](n2ccnc2)[C@H]2CO[C@H]1O2. The van der Waals surface area contributed by atoms with Crippen molar-refractivity contribution in [3.05, 3.63) is 18.7 Å². The molecule has 2 aliphatic heterocycles. The van der Waals surface area contributed by atoms with Crippen LogP contribution in [0.25, 0.3) is 0 Å². The number of aromatic nitrogens is 2. The lowest BCUT2D eigenvalue weighted by Crippen LogP contribution is -2.50. The van der Waals surface area contributed by atoms with E-state index in [4.69, 9.17) is 9.47 Å². The molecule has 0 amide bonds. The summed E-state index contributed by atoms with van der Waals surface area (Å²) in [7, 11) is 0. The summed E-state index contributed by atoms with van der Waals surface area (Å²) in [5, 5.41) is 19.4. The zero-order chi connectivity index (χ0) is 10.5. The Morgan fingerprint density at radius 1 is 1.47 bits per heavy atom. The fourth-order valence-corrected chi connectivity index (χ4v) is 2.16. The fraction of sp³-hybridized carbons (Fsp3) is 0.667. The zero-order valence-corrected chi connectivity index (χ0v) is 7.98. The molecule has 6 heteroatoms. The van der Waals surface area contributed by atoms with E-state index in [-0.39, 0.29) is 18.6 Å². The molecule has 0 aromatic carbocycles. The number of nitrogens with zero attached hydrogens (tertiary/aromatic N) is 2. The van der Waals surface area contributed by atoms with E-state index in [0.29, 0.717) is 6.61 Å². The van der Waals surface area contributed by atoms with Gasteiger partial charge in [0.15, 0.2) is 0 Å². The maximum absolute atomic E-state index is 9.70. The van der Waals surface area contributed by atoms with E-state index >= 15 is 0 Å². The third kappa shape index (κ3) is 1.37. The smallest absolute Gasteiger partial charge is 0.217 e. The van der Waals surface area contributed by atoms with Gasteiger partial charge in [0.1, 0.15) is 6.10 Å². The van der Waals surface area contributed by atoms with Crippen LogP contribution in [0.4, 0.5) is 0 Å². The van der Waals surface area contributed by atoms with Gasteiger partial charge in [-0.1, -0.05) is 0 Å². The number of ether oxygens (including phenoxy) is 2. The van der Waals surface area contributed by atoms with Crippen molar-refractivity contribution in [1.82, 2.24) is 9.55 Å². The van der Waals surface area contributed by atoms with Gasteiger partial charge >= 0.3 is 0 Å². The molecule has 2 N–H and O–H groups in total. The van der Waals surface area contributed by atoms with Crippen molar-refractivity contribution in [2.75, 3.05) is 6.61 Å². The van der Waals surface area contributed by atoms with Gasteiger partial charge in [0.05, 0.1) is 19.0 Å². The largest absolute Gasteiger partial charge is 0.362 e. The van der Waals surface area contributed by atoms with Crippen molar-refractivity contribution in [3.63, 3.8) is 0 Å². The van der Waals surface area contributed by atoms with E-state index in [1.165, 1.54) is 0 Å². The van der Waals surface area contributed by atoms with Crippen LogP contribution >= 0.6 is 0 Å². The minimum absolute atomic E-state index is 0.128. The summed E-state index contributed by atoms with van der Waals surface area (Å²) in [6.07, 6.45) is 4.22. The molecule has 0 saturated carbocycles. The normalized spacial score (nSPS) is 38.1. The molecule has 0 radical (unpaired) electrons. The summed E-state index contributed by atoms with van der Waals surface area (Å²) < 4.78 is 12.4.